The molecule has 24 heavy (non-hydrogen) atoms. The average Bonchev–Trinajstić information content (AvgIpc) is 2.97. The van der Waals surface area contributed by atoms with E-state index in [0.717, 1.165) is 44.7 Å². The molecule has 0 unspecified atom stereocenters. The highest BCUT2D eigenvalue weighted by molar-refractivity contribution is 5.78. The van der Waals surface area contributed by atoms with Gasteiger partial charge in [0.15, 0.2) is 0 Å². The topological polar surface area (TPSA) is 54.9 Å². The molecule has 0 N–H and O–H groups in total. The number of pyridine rings is 1. The fourth-order valence-electron chi connectivity index (χ4n) is 3.57. The molecule has 0 aromatic carbocycles. The van der Waals surface area contributed by atoms with Gasteiger partial charge < -0.3 is 19.3 Å². The molecule has 2 fully saturated rings. The second-order valence-corrected chi connectivity index (χ2v) is 7.26. The number of amides is 1. The van der Waals surface area contributed by atoms with Crippen LogP contribution in [0.4, 0.5) is 0 Å². The lowest BCUT2D eigenvalue weighted by atomic mass is 9.76. The Morgan fingerprint density at radius 3 is 2.92 bits per heavy atom. The third-order valence-electron chi connectivity index (χ3n) is 4.98. The third-order valence-corrected chi connectivity index (χ3v) is 4.98. The van der Waals surface area contributed by atoms with E-state index >= 15 is 0 Å². The molecule has 3 heterocycles. The van der Waals surface area contributed by atoms with E-state index in [2.05, 4.69) is 4.98 Å². The van der Waals surface area contributed by atoms with Gasteiger partial charge in [0.1, 0.15) is 12.4 Å². The first-order valence-electron chi connectivity index (χ1n) is 8.63. The van der Waals surface area contributed by atoms with Crippen LogP contribution >= 0.6 is 0 Å². The molecule has 0 bridgehead atoms. The summed E-state index contributed by atoms with van der Waals surface area (Å²) in [6.07, 6.45) is 6.65. The molecule has 0 saturated carbocycles. The summed E-state index contributed by atoms with van der Waals surface area (Å²) in [5.41, 5.74) is 0.220. The van der Waals surface area contributed by atoms with Gasteiger partial charge in [-0.05, 0) is 50.9 Å². The second-order valence-electron chi connectivity index (χ2n) is 7.26. The van der Waals surface area contributed by atoms with Gasteiger partial charge in [0.05, 0.1) is 25.5 Å². The zero-order chi connectivity index (χ0) is 17.0. The van der Waals surface area contributed by atoms with Crippen molar-refractivity contribution in [3.63, 3.8) is 0 Å². The minimum atomic E-state index is 0.134. The second kappa shape index (κ2) is 7.49. The fraction of sp³-hybridized carbons (Fsp3) is 0.667. The Balaban J connectivity index is 1.45. The maximum atomic E-state index is 12.2. The first-order valence-corrected chi connectivity index (χ1v) is 8.63. The standard InChI is InChI=1S/C18H27N3O3/c1-20(2)12-17(22)21-8-5-18(6-9-21)10-16(24-14-18)13-23-15-4-3-7-19-11-15/h3-4,7,11,16H,5-6,8-10,12-14H2,1-2H3/t16-/m1/s1. The molecule has 1 aromatic heterocycles. The summed E-state index contributed by atoms with van der Waals surface area (Å²) in [6, 6.07) is 3.78. The smallest absolute Gasteiger partial charge is 0.236 e. The monoisotopic (exact) mass is 333 g/mol. The number of carbonyl (C=O) groups excluding carboxylic acids is 1. The van der Waals surface area contributed by atoms with E-state index in [1.54, 1.807) is 12.4 Å². The highest BCUT2D eigenvalue weighted by Gasteiger charge is 2.43. The normalized spacial score (nSPS) is 23.0. The molecule has 0 radical (unpaired) electrons. The molecule has 3 rings (SSSR count). The molecular weight excluding hydrogens is 306 g/mol. The van der Waals surface area contributed by atoms with E-state index in [-0.39, 0.29) is 17.4 Å². The van der Waals surface area contributed by atoms with E-state index < -0.39 is 0 Å². The number of nitrogens with zero attached hydrogens (tertiary/aromatic N) is 3. The Morgan fingerprint density at radius 2 is 2.25 bits per heavy atom. The largest absolute Gasteiger partial charge is 0.489 e. The van der Waals surface area contributed by atoms with Gasteiger partial charge in [-0.1, -0.05) is 0 Å². The summed E-state index contributed by atoms with van der Waals surface area (Å²) >= 11 is 0. The minimum Gasteiger partial charge on any atom is -0.489 e. The minimum absolute atomic E-state index is 0.134. The molecule has 2 aliphatic heterocycles. The molecule has 2 aliphatic rings. The lowest BCUT2D eigenvalue weighted by molar-refractivity contribution is -0.134. The van der Waals surface area contributed by atoms with E-state index in [9.17, 15) is 4.79 Å². The predicted octanol–water partition coefficient (Wildman–Crippen LogP) is 1.42. The van der Waals surface area contributed by atoms with Gasteiger partial charge in [-0.2, -0.15) is 0 Å². The summed E-state index contributed by atoms with van der Waals surface area (Å²) in [4.78, 5) is 20.1. The Morgan fingerprint density at radius 1 is 1.46 bits per heavy atom. The number of likely N-dealkylation sites (tertiary alicyclic amines) is 1. The van der Waals surface area contributed by atoms with Crippen molar-refractivity contribution in [2.24, 2.45) is 5.41 Å². The average molecular weight is 333 g/mol. The Kier molecular flexibility index (Phi) is 5.36. The molecular formula is C18H27N3O3. The summed E-state index contributed by atoms with van der Waals surface area (Å²) in [7, 11) is 3.86. The van der Waals surface area contributed by atoms with E-state index in [1.807, 2.05) is 36.0 Å². The first kappa shape index (κ1) is 17.2. The van der Waals surface area contributed by atoms with Crippen molar-refractivity contribution in [1.82, 2.24) is 14.8 Å². The number of rotatable bonds is 5. The molecule has 0 aliphatic carbocycles. The third kappa shape index (κ3) is 4.24. The lowest BCUT2D eigenvalue weighted by Crippen LogP contribution is -2.46. The van der Waals surface area contributed by atoms with Gasteiger partial charge in [-0.15, -0.1) is 0 Å². The zero-order valence-corrected chi connectivity index (χ0v) is 14.6. The molecule has 1 spiro atoms. The zero-order valence-electron chi connectivity index (χ0n) is 14.6. The Hall–Kier alpha value is -1.66. The molecule has 2 saturated heterocycles. The van der Waals surface area contributed by atoms with Gasteiger partial charge in [-0.25, -0.2) is 0 Å². The molecule has 1 amide bonds. The number of aromatic nitrogens is 1. The number of likely N-dealkylation sites (N-methyl/N-ethyl adjacent to an activating group) is 1. The van der Waals surface area contributed by atoms with Crippen LogP contribution in [-0.4, -0.2) is 73.7 Å². The highest BCUT2D eigenvalue weighted by Crippen LogP contribution is 2.42. The van der Waals surface area contributed by atoms with Crippen LogP contribution in [0.5, 0.6) is 5.75 Å². The van der Waals surface area contributed by atoms with Crippen molar-refractivity contribution in [2.75, 3.05) is 46.9 Å². The van der Waals surface area contributed by atoms with Crippen molar-refractivity contribution in [3.05, 3.63) is 24.5 Å². The van der Waals surface area contributed by atoms with Crippen molar-refractivity contribution in [2.45, 2.75) is 25.4 Å². The van der Waals surface area contributed by atoms with Gasteiger partial charge in [0.25, 0.3) is 0 Å². The maximum Gasteiger partial charge on any atom is 0.236 e. The quantitative estimate of drug-likeness (QED) is 0.816. The number of ether oxygens (including phenoxy) is 2. The summed E-state index contributed by atoms with van der Waals surface area (Å²) in [6.45, 7) is 3.52. The number of carbonyl (C=O) groups is 1. The molecule has 6 nitrogen and oxygen atoms in total. The fourth-order valence-corrected chi connectivity index (χ4v) is 3.57. The van der Waals surface area contributed by atoms with Crippen molar-refractivity contribution in [3.8, 4) is 5.75 Å². The highest BCUT2D eigenvalue weighted by atomic mass is 16.5. The number of hydrogen-bond donors (Lipinski definition) is 0. The van der Waals surface area contributed by atoms with Gasteiger partial charge in [0, 0.05) is 19.3 Å². The van der Waals surface area contributed by atoms with E-state index in [0.29, 0.717) is 13.2 Å². The van der Waals surface area contributed by atoms with Crippen LogP contribution in [0.15, 0.2) is 24.5 Å². The maximum absolute atomic E-state index is 12.2. The predicted molar refractivity (Wildman–Crippen MR) is 90.9 cm³/mol. The number of piperidine rings is 1. The van der Waals surface area contributed by atoms with E-state index in [4.69, 9.17) is 9.47 Å². The summed E-state index contributed by atoms with van der Waals surface area (Å²) < 4.78 is 11.7. The Bertz CT molecular complexity index is 542. The van der Waals surface area contributed by atoms with Crippen LogP contribution in [0.3, 0.4) is 0 Å². The van der Waals surface area contributed by atoms with Crippen LogP contribution in [0.1, 0.15) is 19.3 Å². The van der Waals surface area contributed by atoms with Gasteiger partial charge in [-0.3, -0.25) is 9.78 Å². The SMILES string of the molecule is CN(C)CC(=O)N1CCC2(CC1)CO[C@@H](COc1cccnc1)C2. The Labute approximate surface area is 143 Å². The van der Waals surface area contributed by atoms with Gasteiger partial charge in [0.2, 0.25) is 5.91 Å². The molecule has 6 heteroatoms. The number of hydrogen-bond acceptors (Lipinski definition) is 5. The first-order chi connectivity index (χ1) is 11.6. The molecule has 1 aromatic rings. The van der Waals surface area contributed by atoms with Crippen molar-refractivity contribution in [1.29, 1.82) is 0 Å². The van der Waals surface area contributed by atoms with E-state index in [1.165, 1.54) is 0 Å². The van der Waals surface area contributed by atoms with Crippen LogP contribution in [0.2, 0.25) is 0 Å². The molecule has 132 valence electrons. The van der Waals surface area contributed by atoms with Crippen molar-refractivity contribution >= 4 is 5.91 Å². The summed E-state index contributed by atoms with van der Waals surface area (Å²) in [5.74, 6) is 1.01. The lowest BCUT2D eigenvalue weighted by Gasteiger charge is -2.38. The van der Waals surface area contributed by atoms with Crippen LogP contribution < -0.4 is 4.74 Å². The van der Waals surface area contributed by atoms with Crippen LogP contribution in [0, 0.1) is 5.41 Å². The van der Waals surface area contributed by atoms with Crippen LogP contribution in [0.25, 0.3) is 0 Å². The molecule has 1 atom stereocenters. The van der Waals surface area contributed by atoms with Crippen LogP contribution in [-0.2, 0) is 9.53 Å². The van der Waals surface area contributed by atoms with Crippen molar-refractivity contribution < 1.29 is 14.3 Å². The summed E-state index contributed by atoms with van der Waals surface area (Å²) in [5, 5.41) is 0. The van der Waals surface area contributed by atoms with Gasteiger partial charge >= 0.3 is 0 Å².